The van der Waals surface area contributed by atoms with Gasteiger partial charge in [0.25, 0.3) is 0 Å². The first-order chi connectivity index (χ1) is 8.03. The molecule has 3 heteroatoms. The zero-order valence-corrected chi connectivity index (χ0v) is 11.2. The van der Waals surface area contributed by atoms with E-state index in [9.17, 15) is 5.11 Å². The highest BCUT2D eigenvalue weighted by atomic mass is 16.3. The van der Waals surface area contributed by atoms with Crippen LogP contribution in [0.1, 0.15) is 13.8 Å². The highest BCUT2D eigenvalue weighted by Gasteiger charge is 2.26. The molecule has 1 saturated heterocycles. The third-order valence-corrected chi connectivity index (χ3v) is 2.50. The van der Waals surface area contributed by atoms with Crippen molar-refractivity contribution in [1.82, 2.24) is 10.2 Å². The first-order valence-corrected chi connectivity index (χ1v) is 5.99. The summed E-state index contributed by atoms with van der Waals surface area (Å²) in [6.07, 6.45) is 4.02. The maximum absolute atomic E-state index is 10.0. The van der Waals surface area contributed by atoms with Gasteiger partial charge >= 0.3 is 0 Å². The molecule has 0 spiro atoms. The van der Waals surface area contributed by atoms with Crippen molar-refractivity contribution in [1.29, 1.82) is 0 Å². The van der Waals surface area contributed by atoms with Gasteiger partial charge in [-0.1, -0.05) is 18.7 Å². The van der Waals surface area contributed by atoms with Gasteiger partial charge in [-0.15, -0.1) is 13.2 Å². The summed E-state index contributed by atoms with van der Waals surface area (Å²) >= 11 is 0. The van der Waals surface area contributed by atoms with Crippen LogP contribution in [0.4, 0.5) is 0 Å². The predicted octanol–water partition coefficient (Wildman–Crippen LogP) is 1.58. The average Bonchev–Trinajstić information content (AvgIpc) is 2.42. The topological polar surface area (TPSA) is 35.5 Å². The maximum atomic E-state index is 10.0. The van der Waals surface area contributed by atoms with Crippen LogP contribution in [-0.2, 0) is 0 Å². The number of rotatable bonds is 3. The molecule has 2 N–H and O–H groups in total. The lowest BCUT2D eigenvalue weighted by atomic mass is 10.1. The predicted molar refractivity (Wildman–Crippen MR) is 75.1 cm³/mol. The van der Waals surface area contributed by atoms with Crippen LogP contribution in [0.5, 0.6) is 0 Å². The van der Waals surface area contributed by atoms with Gasteiger partial charge in [-0.25, -0.2) is 0 Å². The minimum atomic E-state index is -0.632. The highest BCUT2D eigenvalue weighted by Crippen LogP contribution is 2.10. The quantitative estimate of drug-likeness (QED) is 0.579. The number of nitrogens with zero attached hydrogens (tertiary/aromatic N) is 1. The molecule has 1 aliphatic heterocycles. The molecule has 0 amide bonds. The fourth-order valence-corrected chi connectivity index (χ4v) is 1.92. The van der Waals surface area contributed by atoms with Gasteiger partial charge in [0.2, 0.25) is 0 Å². The van der Waals surface area contributed by atoms with Crippen molar-refractivity contribution in [2.24, 2.45) is 0 Å². The van der Waals surface area contributed by atoms with Crippen LogP contribution in [0.25, 0.3) is 0 Å². The first kappa shape index (κ1) is 16.1. The smallest absolute Gasteiger partial charge is 0.0869 e. The number of nitrogens with one attached hydrogen (secondary N) is 1. The molecule has 1 heterocycles. The monoisotopic (exact) mass is 238 g/mol. The molecule has 1 aliphatic rings. The van der Waals surface area contributed by atoms with E-state index in [0.29, 0.717) is 13.1 Å². The molecule has 3 nitrogen and oxygen atoms in total. The maximum Gasteiger partial charge on any atom is 0.0869 e. The van der Waals surface area contributed by atoms with Gasteiger partial charge in [-0.3, -0.25) is 4.90 Å². The minimum absolute atomic E-state index is 0.632. The van der Waals surface area contributed by atoms with Gasteiger partial charge in [0.05, 0.1) is 5.60 Å². The molecule has 0 bridgehead atoms. The van der Waals surface area contributed by atoms with Crippen molar-refractivity contribution >= 4 is 0 Å². The second kappa shape index (κ2) is 8.23. The van der Waals surface area contributed by atoms with E-state index >= 15 is 0 Å². The van der Waals surface area contributed by atoms with E-state index in [1.807, 2.05) is 26.0 Å². The summed E-state index contributed by atoms with van der Waals surface area (Å²) < 4.78 is 0. The zero-order chi connectivity index (χ0) is 13.3. The van der Waals surface area contributed by atoms with Gasteiger partial charge in [0.1, 0.15) is 0 Å². The molecular weight excluding hydrogens is 212 g/mol. The Balaban J connectivity index is 0.00000121. The molecule has 0 aliphatic carbocycles. The van der Waals surface area contributed by atoms with E-state index in [1.165, 1.54) is 0 Å². The zero-order valence-electron chi connectivity index (χ0n) is 11.2. The van der Waals surface area contributed by atoms with Crippen LogP contribution in [0.15, 0.2) is 37.5 Å². The average molecular weight is 238 g/mol. The van der Waals surface area contributed by atoms with E-state index in [1.54, 1.807) is 0 Å². The normalized spacial score (nSPS) is 26.1. The molecule has 1 unspecified atom stereocenters. The summed E-state index contributed by atoms with van der Waals surface area (Å²) in [5.41, 5.74) is 0.461. The number of hydrogen-bond donors (Lipinski definition) is 2. The second-order valence-electron chi connectivity index (χ2n) is 4.54. The number of β-amino-alcohol motifs (C(OH)–C–C–N with tert-alkyl or cyclic N) is 1. The largest absolute Gasteiger partial charge is 0.388 e. The molecule has 17 heavy (non-hydrogen) atoms. The lowest BCUT2D eigenvalue weighted by molar-refractivity contribution is 0.0369. The van der Waals surface area contributed by atoms with E-state index in [0.717, 1.165) is 25.2 Å². The van der Waals surface area contributed by atoms with Crippen LogP contribution in [0.2, 0.25) is 0 Å². The Labute approximate surface area is 106 Å². The molecule has 0 saturated carbocycles. The summed E-state index contributed by atoms with van der Waals surface area (Å²) in [4.78, 5) is 2.24. The molecule has 0 aromatic carbocycles. The number of hydrogen-bond acceptors (Lipinski definition) is 3. The lowest BCUT2D eigenvalue weighted by Gasteiger charge is -2.27. The summed E-state index contributed by atoms with van der Waals surface area (Å²) in [7, 11) is 0. The summed E-state index contributed by atoms with van der Waals surface area (Å²) in [6, 6.07) is 0. The standard InChI is InChI=1S/C12H22N2O.C2H4/c1-4-5-11(2)8-14-7-6-13-9-12(3,15)10-14;1-2/h4-5,13,15H,2,6-10H2,1,3H3;1-2H2/b5-4-;. The summed E-state index contributed by atoms with van der Waals surface area (Å²) in [5, 5.41) is 13.2. The van der Waals surface area contributed by atoms with Crippen LogP contribution in [-0.4, -0.2) is 48.3 Å². The molecule has 0 aromatic rings. The molecular formula is C14H26N2O. The molecule has 0 radical (unpaired) electrons. The Morgan fingerprint density at radius 2 is 2.18 bits per heavy atom. The highest BCUT2D eigenvalue weighted by molar-refractivity contribution is 5.15. The lowest BCUT2D eigenvalue weighted by Crippen LogP contribution is -2.43. The SMILES string of the molecule is C=C.C=C(/C=C\C)CN1CCNCC(C)(O)C1. The molecule has 98 valence electrons. The molecule has 1 atom stereocenters. The van der Waals surface area contributed by atoms with E-state index < -0.39 is 5.60 Å². The summed E-state index contributed by atoms with van der Waals surface area (Å²) in [6.45, 7) is 18.0. The molecule has 1 rings (SSSR count). The third kappa shape index (κ3) is 7.10. The third-order valence-electron chi connectivity index (χ3n) is 2.50. The van der Waals surface area contributed by atoms with Crippen LogP contribution in [0.3, 0.4) is 0 Å². The fourth-order valence-electron chi connectivity index (χ4n) is 1.92. The Morgan fingerprint density at radius 1 is 1.53 bits per heavy atom. The molecule has 0 aromatic heterocycles. The van der Waals surface area contributed by atoms with Gasteiger partial charge in [-0.2, -0.15) is 0 Å². The Hall–Kier alpha value is -0.900. The Kier molecular flexibility index (Phi) is 7.79. The van der Waals surface area contributed by atoms with E-state index in [4.69, 9.17) is 0 Å². The minimum Gasteiger partial charge on any atom is -0.388 e. The van der Waals surface area contributed by atoms with Crippen molar-refractivity contribution in [2.45, 2.75) is 19.4 Å². The van der Waals surface area contributed by atoms with Crippen LogP contribution < -0.4 is 5.32 Å². The van der Waals surface area contributed by atoms with E-state index in [-0.39, 0.29) is 0 Å². The van der Waals surface area contributed by atoms with E-state index in [2.05, 4.69) is 30.0 Å². The Morgan fingerprint density at radius 3 is 2.76 bits per heavy atom. The van der Waals surface area contributed by atoms with Crippen molar-refractivity contribution < 1.29 is 5.11 Å². The Bertz CT molecular complexity index is 259. The van der Waals surface area contributed by atoms with Crippen LogP contribution in [0, 0.1) is 0 Å². The van der Waals surface area contributed by atoms with Crippen molar-refractivity contribution in [2.75, 3.05) is 32.7 Å². The van der Waals surface area contributed by atoms with Gasteiger partial charge < -0.3 is 10.4 Å². The van der Waals surface area contributed by atoms with Crippen molar-refractivity contribution in [3.05, 3.63) is 37.5 Å². The van der Waals surface area contributed by atoms with Crippen molar-refractivity contribution in [3.8, 4) is 0 Å². The van der Waals surface area contributed by atoms with Crippen LogP contribution >= 0.6 is 0 Å². The van der Waals surface area contributed by atoms with Crippen molar-refractivity contribution in [3.63, 3.8) is 0 Å². The van der Waals surface area contributed by atoms with Gasteiger partial charge in [0, 0.05) is 32.7 Å². The summed E-state index contributed by atoms with van der Waals surface area (Å²) in [5.74, 6) is 0. The molecule has 1 fully saturated rings. The second-order valence-corrected chi connectivity index (χ2v) is 4.54. The number of allylic oxidation sites excluding steroid dienone is 1. The fraction of sp³-hybridized carbons (Fsp3) is 0.571. The first-order valence-electron chi connectivity index (χ1n) is 5.99. The van der Waals surface area contributed by atoms with Gasteiger partial charge in [-0.05, 0) is 19.4 Å². The number of aliphatic hydroxyl groups is 1. The van der Waals surface area contributed by atoms with Gasteiger partial charge in [0.15, 0.2) is 0 Å².